The van der Waals surface area contributed by atoms with Crippen LogP contribution in [0.25, 0.3) is 0 Å². The highest BCUT2D eigenvalue weighted by atomic mass is 79.9. The molecule has 1 rings (SSSR count). The Labute approximate surface area is 82.7 Å². The van der Waals surface area contributed by atoms with E-state index in [2.05, 4.69) is 44.5 Å². The molecule has 0 atom stereocenters. The molecule has 3 heteroatoms. The Bertz CT molecular complexity index is 235. The normalized spacial score (nSPS) is 10.0. The van der Waals surface area contributed by atoms with E-state index in [0.29, 0.717) is 0 Å². The Morgan fingerprint density at radius 2 is 1.90 bits per heavy atom. The molecule has 0 aromatic heterocycles. The summed E-state index contributed by atoms with van der Waals surface area (Å²) >= 11 is 11.1. The summed E-state index contributed by atoms with van der Waals surface area (Å²) in [5.41, 5.74) is 1.17. The van der Waals surface area contributed by atoms with Gasteiger partial charge in [0.25, 0.3) is 0 Å². The smallest absolute Gasteiger partial charge is 0.0322 e. The molecular weight excluding hydrogens is 276 g/mol. The summed E-state index contributed by atoms with van der Waals surface area (Å²) in [6, 6.07) is 4.02. The molecule has 0 spiro atoms. The molecule has 0 aliphatic heterocycles. The van der Waals surface area contributed by atoms with Gasteiger partial charge in [-0.05, 0) is 40.5 Å². The van der Waals surface area contributed by atoms with Crippen LogP contribution in [0.5, 0.6) is 0 Å². The third-order valence-corrected chi connectivity index (χ3v) is 3.20. The molecule has 0 heterocycles. The molecule has 0 unspecified atom stereocenters. The first-order valence-electron chi connectivity index (χ1n) is 2.76. The van der Waals surface area contributed by atoms with Crippen molar-refractivity contribution in [3.05, 3.63) is 26.6 Å². The van der Waals surface area contributed by atoms with Gasteiger partial charge in [0, 0.05) is 13.8 Å². The van der Waals surface area contributed by atoms with Crippen LogP contribution >= 0.6 is 44.5 Å². The standard InChI is InChI=1S/C7H6Br2S/c1-4-2-5(8)3-6(9)7(4)10/h2-3,10H,1H3. The second-order valence-electron chi connectivity index (χ2n) is 2.05. The summed E-state index contributed by atoms with van der Waals surface area (Å²) in [6.45, 7) is 2.03. The maximum Gasteiger partial charge on any atom is 0.0322 e. The van der Waals surface area contributed by atoms with E-state index < -0.39 is 0 Å². The van der Waals surface area contributed by atoms with Gasteiger partial charge < -0.3 is 0 Å². The summed E-state index contributed by atoms with van der Waals surface area (Å²) in [7, 11) is 0. The van der Waals surface area contributed by atoms with E-state index in [1.807, 2.05) is 19.1 Å². The van der Waals surface area contributed by atoms with Gasteiger partial charge in [-0.25, -0.2) is 0 Å². The van der Waals surface area contributed by atoms with E-state index in [0.717, 1.165) is 13.8 Å². The Kier molecular flexibility index (Phi) is 2.83. The molecule has 0 radical (unpaired) electrons. The molecule has 0 saturated carbocycles. The molecule has 0 bridgehead atoms. The number of halogens is 2. The zero-order valence-corrected chi connectivity index (χ0v) is 9.42. The Morgan fingerprint density at radius 3 is 2.40 bits per heavy atom. The molecule has 0 N–H and O–H groups in total. The molecule has 54 valence electrons. The quantitative estimate of drug-likeness (QED) is 0.687. The molecule has 1 aromatic carbocycles. The number of rotatable bonds is 0. The highest BCUT2D eigenvalue weighted by molar-refractivity contribution is 9.11. The number of hydrogen-bond acceptors (Lipinski definition) is 1. The van der Waals surface area contributed by atoms with Crippen LogP contribution in [0.2, 0.25) is 0 Å². The van der Waals surface area contributed by atoms with Crippen LogP contribution < -0.4 is 0 Å². The van der Waals surface area contributed by atoms with Crippen LogP contribution in [0.3, 0.4) is 0 Å². The average molecular weight is 282 g/mol. The second-order valence-corrected chi connectivity index (χ2v) is 4.27. The lowest BCUT2D eigenvalue weighted by atomic mass is 10.2. The van der Waals surface area contributed by atoms with Gasteiger partial charge in [0.1, 0.15) is 0 Å². The molecule has 0 aliphatic carbocycles. The van der Waals surface area contributed by atoms with Gasteiger partial charge in [-0.2, -0.15) is 0 Å². The van der Waals surface area contributed by atoms with E-state index in [1.165, 1.54) is 5.56 Å². The fraction of sp³-hybridized carbons (Fsp3) is 0.143. The maximum absolute atomic E-state index is 4.29. The number of hydrogen-bond donors (Lipinski definition) is 1. The van der Waals surface area contributed by atoms with Gasteiger partial charge in [-0.3, -0.25) is 0 Å². The lowest BCUT2D eigenvalue weighted by molar-refractivity contribution is 1.27. The molecular formula is C7H6Br2S. The number of benzene rings is 1. The maximum atomic E-state index is 4.29. The first-order valence-corrected chi connectivity index (χ1v) is 4.79. The molecule has 0 fully saturated rings. The predicted molar refractivity (Wildman–Crippen MR) is 53.8 cm³/mol. The Balaban J connectivity index is 3.31. The highest BCUT2D eigenvalue weighted by Gasteiger charge is 1.99. The lowest BCUT2D eigenvalue weighted by Crippen LogP contribution is -1.77. The van der Waals surface area contributed by atoms with E-state index >= 15 is 0 Å². The van der Waals surface area contributed by atoms with E-state index in [4.69, 9.17) is 0 Å². The van der Waals surface area contributed by atoms with Crippen molar-refractivity contribution >= 4 is 44.5 Å². The van der Waals surface area contributed by atoms with Gasteiger partial charge in [0.05, 0.1) is 0 Å². The Hall–Kier alpha value is 0.530. The van der Waals surface area contributed by atoms with Crippen molar-refractivity contribution in [3.63, 3.8) is 0 Å². The fourth-order valence-electron chi connectivity index (χ4n) is 0.695. The topological polar surface area (TPSA) is 0 Å². The van der Waals surface area contributed by atoms with E-state index in [-0.39, 0.29) is 0 Å². The van der Waals surface area contributed by atoms with Crippen LogP contribution in [-0.2, 0) is 0 Å². The molecule has 0 amide bonds. The van der Waals surface area contributed by atoms with Crippen LogP contribution in [0, 0.1) is 6.92 Å². The minimum Gasteiger partial charge on any atom is -0.142 e. The summed E-state index contributed by atoms with van der Waals surface area (Å²) in [5.74, 6) is 0. The third kappa shape index (κ3) is 1.77. The van der Waals surface area contributed by atoms with Crippen LogP contribution in [-0.4, -0.2) is 0 Å². The average Bonchev–Trinajstić information content (AvgIpc) is 1.82. The van der Waals surface area contributed by atoms with Crippen molar-refractivity contribution < 1.29 is 0 Å². The summed E-state index contributed by atoms with van der Waals surface area (Å²) in [6.07, 6.45) is 0. The van der Waals surface area contributed by atoms with Crippen molar-refractivity contribution in [1.29, 1.82) is 0 Å². The monoisotopic (exact) mass is 280 g/mol. The number of thiol groups is 1. The lowest BCUT2D eigenvalue weighted by Gasteiger charge is -2.01. The van der Waals surface area contributed by atoms with Gasteiger partial charge in [0.15, 0.2) is 0 Å². The molecule has 10 heavy (non-hydrogen) atoms. The largest absolute Gasteiger partial charge is 0.142 e. The van der Waals surface area contributed by atoms with Crippen LogP contribution in [0.1, 0.15) is 5.56 Å². The second kappa shape index (κ2) is 3.28. The van der Waals surface area contributed by atoms with Gasteiger partial charge in [-0.15, -0.1) is 12.6 Å². The molecule has 0 aliphatic rings. The zero-order chi connectivity index (χ0) is 7.72. The first kappa shape index (κ1) is 8.62. The molecule has 0 saturated heterocycles. The van der Waals surface area contributed by atoms with E-state index in [1.54, 1.807) is 0 Å². The highest BCUT2D eigenvalue weighted by Crippen LogP contribution is 2.27. The van der Waals surface area contributed by atoms with Crippen molar-refractivity contribution in [3.8, 4) is 0 Å². The minimum atomic E-state index is 1.00. The Morgan fingerprint density at radius 1 is 1.30 bits per heavy atom. The predicted octanol–water partition coefficient (Wildman–Crippen LogP) is 3.81. The first-order chi connectivity index (χ1) is 4.61. The van der Waals surface area contributed by atoms with Crippen molar-refractivity contribution in [1.82, 2.24) is 0 Å². The van der Waals surface area contributed by atoms with Crippen LogP contribution in [0.15, 0.2) is 26.0 Å². The van der Waals surface area contributed by atoms with E-state index in [9.17, 15) is 0 Å². The molecule has 0 nitrogen and oxygen atoms in total. The summed E-state index contributed by atoms with van der Waals surface area (Å²) in [5, 5.41) is 0. The fourth-order valence-corrected chi connectivity index (χ4v) is 2.26. The minimum absolute atomic E-state index is 1.00. The third-order valence-electron chi connectivity index (χ3n) is 1.22. The van der Waals surface area contributed by atoms with Crippen molar-refractivity contribution in [2.24, 2.45) is 0 Å². The molecule has 1 aromatic rings. The SMILES string of the molecule is Cc1cc(Br)cc(Br)c1S. The van der Waals surface area contributed by atoms with Gasteiger partial charge >= 0.3 is 0 Å². The van der Waals surface area contributed by atoms with Crippen molar-refractivity contribution in [2.45, 2.75) is 11.8 Å². The summed E-state index contributed by atoms with van der Waals surface area (Å²) < 4.78 is 2.11. The zero-order valence-electron chi connectivity index (χ0n) is 5.36. The number of aryl methyl sites for hydroxylation is 1. The van der Waals surface area contributed by atoms with Gasteiger partial charge in [-0.1, -0.05) is 15.9 Å². The van der Waals surface area contributed by atoms with Crippen LogP contribution in [0.4, 0.5) is 0 Å². The van der Waals surface area contributed by atoms with Gasteiger partial charge in [0.2, 0.25) is 0 Å². The summed E-state index contributed by atoms with van der Waals surface area (Å²) in [4.78, 5) is 1.00. The van der Waals surface area contributed by atoms with Crippen molar-refractivity contribution in [2.75, 3.05) is 0 Å².